The van der Waals surface area contributed by atoms with Gasteiger partial charge in [0.05, 0.1) is 6.04 Å². The molecule has 4 aliphatic rings. The van der Waals surface area contributed by atoms with Crippen LogP contribution in [0.4, 0.5) is 0 Å². The van der Waals surface area contributed by atoms with E-state index in [4.69, 9.17) is 5.73 Å². The Morgan fingerprint density at radius 1 is 1.03 bits per heavy atom. The average Bonchev–Trinajstić information content (AvgIpc) is 2.66. The summed E-state index contributed by atoms with van der Waals surface area (Å²) >= 11 is 0. The molecule has 1 aromatic carbocycles. The summed E-state index contributed by atoms with van der Waals surface area (Å²) in [5.74, 6) is 2.72. The topological polar surface area (TPSA) is 104 Å². The zero-order valence-electron chi connectivity index (χ0n) is 18.3. The second-order valence-corrected chi connectivity index (χ2v) is 10.1. The van der Waals surface area contributed by atoms with Crippen LogP contribution in [0, 0.1) is 37.5 Å². The number of hydrogen-bond donors (Lipinski definition) is 4. The molecule has 0 radical (unpaired) electrons. The van der Waals surface area contributed by atoms with Crippen molar-refractivity contribution in [2.75, 3.05) is 0 Å². The highest BCUT2D eigenvalue weighted by atomic mass is 16.3. The van der Waals surface area contributed by atoms with E-state index in [-0.39, 0.29) is 23.6 Å². The van der Waals surface area contributed by atoms with Gasteiger partial charge in [-0.25, -0.2) is 0 Å². The first kappa shape index (κ1) is 21.2. The molecule has 4 aliphatic carbocycles. The van der Waals surface area contributed by atoms with Crippen molar-refractivity contribution in [3.05, 3.63) is 28.8 Å². The van der Waals surface area contributed by atoms with Gasteiger partial charge in [-0.2, -0.15) is 0 Å². The Kier molecular flexibility index (Phi) is 5.80. The summed E-state index contributed by atoms with van der Waals surface area (Å²) in [6.07, 6.45) is 6.74. The van der Waals surface area contributed by atoms with E-state index >= 15 is 0 Å². The van der Waals surface area contributed by atoms with Crippen LogP contribution in [0.25, 0.3) is 0 Å². The maximum Gasteiger partial charge on any atom is 0.242 e. The first-order valence-corrected chi connectivity index (χ1v) is 11.4. The number of aromatic hydroxyl groups is 1. The molecule has 0 aromatic heterocycles. The molecule has 30 heavy (non-hydrogen) atoms. The molecule has 2 amide bonds. The Hall–Kier alpha value is -2.08. The molecule has 5 N–H and O–H groups in total. The Labute approximate surface area is 179 Å². The van der Waals surface area contributed by atoms with Crippen LogP contribution in [-0.2, 0) is 16.0 Å². The van der Waals surface area contributed by atoms with E-state index in [9.17, 15) is 14.7 Å². The van der Waals surface area contributed by atoms with Crippen molar-refractivity contribution < 1.29 is 14.7 Å². The number of hydrogen-bond acceptors (Lipinski definition) is 4. The van der Waals surface area contributed by atoms with Crippen LogP contribution >= 0.6 is 0 Å². The minimum absolute atomic E-state index is 0.106. The highest BCUT2D eigenvalue weighted by molar-refractivity contribution is 5.89. The van der Waals surface area contributed by atoms with Crippen LogP contribution in [0.1, 0.15) is 55.7 Å². The van der Waals surface area contributed by atoms with Crippen LogP contribution in [0.2, 0.25) is 0 Å². The zero-order valence-corrected chi connectivity index (χ0v) is 18.3. The molecular weight excluding hydrogens is 378 g/mol. The highest BCUT2D eigenvalue weighted by Gasteiger charge is 2.48. The third-order valence-corrected chi connectivity index (χ3v) is 7.73. The second kappa shape index (κ2) is 8.22. The summed E-state index contributed by atoms with van der Waals surface area (Å²) in [5, 5.41) is 15.8. The minimum atomic E-state index is -0.747. The summed E-state index contributed by atoms with van der Waals surface area (Å²) in [4.78, 5) is 25.4. The molecule has 6 nitrogen and oxygen atoms in total. The smallest absolute Gasteiger partial charge is 0.242 e. The standard InChI is InChI=1S/C24H35N3O3/c1-12-4-19(28)5-13(2)20(12)11-21(25)24(30)26-14(3)23(29)27-22-17-7-15-6-16(9-17)10-18(22)8-15/h4-5,14-18,21-22,28H,6-11,25H2,1-3H3,(H,26,30)(H,27,29)/t14-,15?,16?,17?,18?,21+,22?/m1/s1. The van der Waals surface area contributed by atoms with E-state index in [1.807, 2.05) is 13.8 Å². The van der Waals surface area contributed by atoms with Crippen LogP contribution in [0.5, 0.6) is 5.75 Å². The van der Waals surface area contributed by atoms with Crippen LogP contribution in [0.3, 0.4) is 0 Å². The molecule has 2 atom stereocenters. The van der Waals surface area contributed by atoms with Crippen LogP contribution < -0.4 is 16.4 Å². The molecule has 5 rings (SSSR count). The van der Waals surface area contributed by atoms with Crippen LogP contribution in [0.15, 0.2) is 12.1 Å². The fourth-order valence-electron chi connectivity index (χ4n) is 6.44. The van der Waals surface area contributed by atoms with Gasteiger partial charge >= 0.3 is 0 Å². The lowest BCUT2D eigenvalue weighted by Gasteiger charge is -2.54. The van der Waals surface area contributed by atoms with Gasteiger partial charge in [0.2, 0.25) is 11.8 Å². The molecule has 1 aromatic rings. The molecular formula is C24H35N3O3. The van der Waals surface area contributed by atoms with Gasteiger partial charge in [0.15, 0.2) is 0 Å². The van der Waals surface area contributed by atoms with E-state index < -0.39 is 12.1 Å². The number of carbonyl (C=O) groups is 2. The monoisotopic (exact) mass is 413 g/mol. The largest absolute Gasteiger partial charge is 0.508 e. The highest BCUT2D eigenvalue weighted by Crippen LogP contribution is 2.53. The first-order valence-electron chi connectivity index (χ1n) is 11.4. The number of amides is 2. The van der Waals surface area contributed by atoms with Crippen molar-refractivity contribution in [2.24, 2.45) is 29.4 Å². The summed E-state index contributed by atoms with van der Waals surface area (Å²) in [6.45, 7) is 5.52. The number of nitrogens with one attached hydrogen (secondary N) is 2. The molecule has 0 heterocycles. The Bertz CT molecular complexity index is 786. The van der Waals surface area contributed by atoms with Crippen molar-refractivity contribution in [3.63, 3.8) is 0 Å². The van der Waals surface area contributed by atoms with E-state index in [2.05, 4.69) is 10.6 Å². The number of nitrogens with two attached hydrogens (primary N) is 1. The van der Waals surface area contributed by atoms with Crippen LogP contribution in [-0.4, -0.2) is 35.0 Å². The number of benzene rings is 1. The van der Waals surface area contributed by atoms with E-state index in [1.165, 1.54) is 32.1 Å². The number of rotatable bonds is 6. The third kappa shape index (κ3) is 4.20. The predicted molar refractivity (Wildman–Crippen MR) is 116 cm³/mol. The first-order chi connectivity index (χ1) is 14.2. The van der Waals surface area contributed by atoms with Crippen molar-refractivity contribution >= 4 is 11.8 Å². The number of phenolic OH excluding ortho intramolecular Hbond substituents is 1. The van der Waals surface area contributed by atoms with Gasteiger partial charge in [-0.15, -0.1) is 0 Å². The fourth-order valence-corrected chi connectivity index (χ4v) is 6.44. The van der Waals surface area contributed by atoms with Gasteiger partial charge < -0.3 is 21.5 Å². The predicted octanol–water partition coefficient (Wildman–Crippen LogP) is 2.32. The van der Waals surface area contributed by atoms with Crippen molar-refractivity contribution in [1.82, 2.24) is 10.6 Å². The van der Waals surface area contributed by atoms with E-state index in [0.29, 0.717) is 18.3 Å². The summed E-state index contributed by atoms with van der Waals surface area (Å²) < 4.78 is 0. The quantitative estimate of drug-likeness (QED) is 0.574. The number of carbonyl (C=O) groups excluding carboxylic acids is 2. The maximum absolute atomic E-state index is 12.8. The Morgan fingerprint density at radius 3 is 2.10 bits per heavy atom. The summed E-state index contributed by atoms with van der Waals surface area (Å²) in [6, 6.07) is 2.26. The molecule has 4 bridgehead atoms. The van der Waals surface area contributed by atoms with Crippen molar-refractivity contribution in [2.45, 2.75) is 77.4 Å². The number of phenols is 1. The SMILES string of the molecule is Cc1cc(O)cc(C)c1C[C@H](N)C(=O)N[C@H](C)C(=O)NC1C2CC3CC(C2)CC1C3. The third-order valence-electron chi connectivity index (χ3n) is 7.73. The second-order valence-electron chi connectivity index (χ2n) is 10.1. The summed E-state index contributed by atoms with van der Waals surface area (Å²) in [7, 11) is 0. The minimum Gasteiger partial charge on any atom is -0.508 e. The molecule has 164 valence electrons. The van der Waals surface area contributed by atoms with Crippen molar-refractivity contribution in [3.8, 4) is 5.75 Å². The average molecular weight is 414 g/mol. The normalized spacial score (nSPS) is 31.3. The zero-order chi connectivity index (χ0) is 21.6. The van der Waals surface area contributed by atoms with Gasteiger partial charge in [-0.3, -0.25) is 9.59 Å². The lowest BCUT2D eigenvalue weighted by molar-refractivity contribution is -0.131. The number of aryl methyl sites for hydroxylation is 2. The molecule has 0 unspecified atom stereocenters. The van der Waals surface area contributed by atoms with Crippen molar-refractivity contribution in [1.29, 1.82) is 0 Å². The maximum atomic E-state index is 12.8. The van der Waals surface area contributed by atoms with Gasteiger partial charge in [0, 0.05) is 6.04 Å². The van der Waals surface area contributed by atoms with E-state index in [1.54, 1.807) is 19.1 Å². The fraction of sp³-hybridized carbons (Fsp3) is 0.667. The molecule has 6 heteroatoms. The molecule has 0 spiro atoms. The van der Waals surface area contributed by atoms with E-state index in [0.717, 1.165) is 28.5 Å². The van der Waals surface area contributed by atoms with Gasteiger partial charge in [-0.1, -0.05) is 0 Å². The molecule has 0 saturated heterocycles. The molecule has 4 saturated carbocycles. The van der Waals surface area contributed by atoms with Gasteiger partial charge in [0.25, 0.3) is 0 Å². The summed E-state index contributed by atoms with van der Waals surface area (Å²) in [5.41, 5.74) is 8.92. The van der Waals surface area contributed by atoms with Gasteiger partial charge in [-0.05, 0) is 112 Å². The lowest BCUT2D eigenvalue weighted by Crippen LogP contribution is -2.59. The molecule has 0 aliphatic heterocycles. The Morgan fingerprint density at radius 2 is 1.57 bits per heavy atom. The molecule has 4 fully saturated rings. The lowest BCUT2D eigenvalue weighted by atomic mass is 9.54. The van der Waals surface area contributed by atoms with Gasteiger partial charge in [0.1, 0.15) is 11.8 Å². The Balaban J connectivity index is 1.31.